The number of halogens is 3. The van der Waals surface area contributed by atoms with Crippen LogP contribution in [0, 0.1) is 0 Å². The van der Waals surface area contributed by atoms with Crippen molar-refractivity contribution in [1.82, 2.24) is 15.0 Å². The maximum absolute atomic E-state index is 13.3. The predicted octanol–water partition coefficient (Wildman–Crippen LogP) is 3.27. The molecule has 0 fully saturated rings. The predicted molar refractivity (Wildman–Crippen MR) is 97.3 cm³/mol. The van der Waals surface area contributed by atoms with Crippen LogP contribution in [0.2, 0.25) is 5.02 Å². The quantitative estimate of drug-likeness (QED) is 0.616. The molecule has 27 heavy (non-hydrogen) atoms. The molecule has 3 rings (SSSR count). The molecule has 0 saturated heterocycles. The number of hydrogen-bond acceptors (Lipinski definition) is 5. The highest BCUT2D eigenvalue weighted by atomic mass is 35.5. The molecule has 0 saturated carbocycles. The Kier molecular flexibility index (Phi) is 5.47. The van der Waals surface area contributed by atoms with E-state index in [1.54, 1.807) is 18.2 Å². The second-order valence-electron chi connectivity index (χ2n) is 5.63. The number of aromatic nitrogens is 3. The summed E-state index contributed by atoms with van der Waals surface area (Å²) in [6.45, 7) is -1.15. The first-order chi connectivity index (χ1) is 12.8. The summed E-state index contributed by atoms with van der Waals surface area (Å²) in [5, 5.41) is 0.906. The molecule has 7 nitrogen and oxygen atoms in total. The highest BCUT2D eigenvalue weighted by Crippen LogP contribution is 2.27. The number of nitrogens with one attached hydrogen (secondary N) is 2. The lowest BCUT2D eigenvalue weighted by molar-refractivity contribution is 0.256. The van der Waals surface area contributed by atoms with Crippen LogP contribution in [0.3, 0.4) is 0 Å². The zero-order chi connectivity index (χ0) is 19.6. The number of alkyl halides is 2. The van der Waals surface area contributed by atoms with Gasteiger partial charge in [0, 0.05) is 40.3 Å². The van der Waals surface area contributed by atoms with Gasteiger partial charge in [-0.05, 0) is 18.2 Å². The van der Waals surface area contributed by atoms with Crippen LogP contribution >= 0.6 is 11.6 Å². The Bertz CT molecular complexity index is 1070. The highest BCUT2D eigenvalue weighted by Gasteiger charge is 2.22. The smallest absolute Gasteiger partial charge is 0.266 e. The van der Waals surface area contributed by atoms with Crippen LogP contribution in [0.4, 0.5) is 14.7 Å². The molecule has 0 radical (unpaired) electrons. The van der Waals surface area contributed by atoms with E-state index in [-0.39, 0.29) is 28.7 Å². The number of benzene rings is 1. The number of fused-ring (bicyclic) bond motifs is 1. The Morgan fingerprint density at radius 1 is 1.41 bits per heavy atom. The van der Waals surface area contributed by atoms with Crippen LogP contribution in [0.5, 0.6) is 5.88 Å². The van der Waals surface area contributed by atoms with Crippen molar-refractivity contribution < 1.29 is 21.9 Å². The maximum atomic E-state index is 13.3. The molecule has 2 N–H and O–H groups in total. The minimum Gasteiger partial charge on any atom is -0.481 e. The van der Waals surface area contributed by atoms with Crippen molar-refractivity contribution in [1.29, 1.82) is 0 Å². The summed E-state index contributed by atoms with van der Waals surface area (Å²) < 4.78 is 58.2. The van der Waals surface area contributed by atoms with Gasteiger partial charge in [-0.2, -0.15) is 4.98 Å². The molecule has 1 aromatic carbocycles. The average Bonchev–Trinajstić information content (AvgIpc) is 3.06. The Hall–Kier alpha value is -2.46. The van der Waals surface area contributed by atoms with E-state index in [2.05, 4.69) is 19.7 Å². The minimum atomic E-state index is -4.01. The molecule has 0 spiro atoms. The van der Waals surface area contributed by atoms with Crippen LogP contribution in [0.25, 0.3) is 10.9 Å². The maximum Gasteiger partial charge on any atom is 0.266 e. The van der Waals surface area contributed by atoms with E-state index >= 15 is 0 Å². The van der Waals surface area contributed by atoms with Crippen molar-refractivity contribution >= 4 is 38.5 Å². The summed E-state index contributed by atoms with van der Waals surface area (Å²) in [7, 11) is -2.73. The van der Waals surface area contributed by atoms with Gasteiger partial charge in [0.25, 0.3) is 10.0 Å². The number of nitrogens with zero attached hydrogens (tertiary/aromatic N) is 2. The van der Waals surface area contributed by atoms with E-state index in [4.69, 9.17) is 16.3 Å². The number of rotatable bonds is 7. The molecule has 2 aromatic heterocycles. The SMILES string of the molecule is COc1nc(NS(=O)(=O)c2c[nH]c3cc(Cl)ccc23)ncc1CC(F)CF. The molecule has 3 aromatic rings. The molecule has 0 aliphatic heterocycles. The van der Waals surface area contributed by atoms with Gasteiger partial charge in [-0.1, -0.05) is 11.6 Å². The number of sulfonamides is 1. The molecular weight excluding hydrogens is 402 g/mol. The zero-order valence-corrected chi connectivity index (χ0v) is 15.6. The third-order valence-electron chi connectivity index (χ3n) is 3.75. The van der Waals surface area contributed by atoms with Gasteiger partial charge < -0.3 is 9.72 Å². The van der Waals surface area contributed by atoms with E-state index in [1.165, 1.54) is 19.5 Å². The second-order valence-corrected chi connectivity index (χ2v) is 7.72. The van der Waals surface area contributed by atoms with E-state index < -0.39 is 22.9 Å². The van der Waals surface area contributed by atoms with Crippen molar-refractivity contribution in [2.24, 2.45) is 0 Å². The lowest BCUT2D eigenvalue weighted by atomic mass is 10.2. The number of H-pyrrole nitrogens is 1. The van der Waals surface area contributed by atoms with E-state index in [9.17, 15) is 17.2 Å². The van der Waals surface area contributed by atoms with Gasteiger partial charge >= 0.3 is 0 Å². The summed E-state index contributed by atoms with van der Waals surface area (Å²) in [5.41, 5.74) is 0.782. The lowest BCUT2D eigenvalue weighted by Crippen LogP contribution is -2.16. The molecule has 0 aliphatic carbocycles. The standard InChI is InChI=1S/C16H15ClF2N4O3S/c1-26-15-9(4-11(19)6-18)7-21-16(22-15)23-27(24,25)14-8-20-13-5-10(17)2-3-12(13)14/h2-3,5,7-8,11,20H,4,6H2,1H3,(H,21,22,23). The Balaban J connectivity index is 1.91. The summed E-state index contributed by atoms with van der Waals surface area (Å²) in [6, 6.07) is 4.75. The fourth-order valence-electron chi connectivity index (χ4n) is 2.52. The third-order valence-corrected chi connectivity index (χ3v) is 5.35. The summed E-state index contributed by atoms with van der Waals surface area (Å²) >= 11 is 5.90. The largest absolute Gasteiger partial charge is 0.481 e. The minimum absolute atomic E-state index is 0.0120. The van der Waals surface area contributed by atoms with E-state index in [1.807, 2.05) is 0 Å². The number of ether oxygens (including phenoxy) is 1. The first kappa shape index (κ1) is 19.3. The van der Waals surface area contributed by atoms with Gasteiger partial charge in [-0.25, -0.2) is 26.9 Å². The Morgan fingerprint density at radius 3 is 2.89 bits per heavy atom. The number of hydrogen-bond donors (Lipinski definition) is 2. The van der Waals surface area contributed by atoms with Crippen molar-refractivity contribution in [3.8, 4) is 5.88 Å². The summed E-state index contributed by atoms with van der Waals surface area (Å²) in [6.07, 6.45) is 0.517. The number of anilines is 1. The van der Waals surface area contributed by atoms with Gasteiger partial charge in [-0.3, -0.25) is 0 Å². The molecule has 144 valence electrons. The molecule has 11 heteroatoms. The van der Waals surface area contributed by atoms with Crippen molar-refractivity contribution in [3.63, 3.8) is 0 Å². The van der Waals surface area contributed by atoms with Crippen LogP contribution in [-0.4, -0.2) is 43.3 Å². The molecule has 0 aliphatic rings. The fourth-order valence-corrected chi connectivity index (χ4v) is 3.82. The molecule has 0 bridgehead atoms. The van der Waals surface area contributed by atoms with Crippen LogP contribution in [-0.2, 0) is 16.4 Å². The number of aromatic amines is 1. The van der Waals surface area contributed by atoms with Gasteiger partial charge in [0.15, 0.2) is 0 Å². The normalized spacial score (nSPS) is 12.9. The van der Waals surface area contributed by atoms with Crippen molar-refractivity contribution in [3.05, 3.63) is 41.2 Å². The topological polar surface area (TPSA) is 97.0 Å². The third kappa shape index (κ3) is 4.11. The lowest BCUT2D eigenvalue weighted by Gasteiger charge is -2.11. The first-order valence-corrected chi connectivity index (χ1v) is 9.59. The molecule has 2 heterocycles. The van der Waals surface area contributed by atoms with Crippen molar-refractivity contribution in [2.45, 2.75) is 17.5 Å². The summed E-state index contributed by atoms with van der Waals surface area (Å²) in [4.78, 5) is 10.6. The van der Waals surface area contributed by atoms with Crippen LogP contribution in [0.1, 0.15) is 5.56 Å². The molecule has 0 amide bonds. The second kappa shape index (κ2) is 7.65. The zero-order valence-electron chi connectivity index (χ0n) is 14.0. The van der Waals surface area contributed by atoms with Crippen LogP contribution in [0.15, 0.2) is 35.5 Å². The van der Waals surface area contributed by atoms with Gasteiger partial charge in [-0.15, -0.1) is 0 Å². The average molecular weight is 417 g/mol. The molecule has 1 atom stereocenters. The van der Waals surface area contributed by atoms with E-state index in [0.29, 0.717) is 15.9 Å². The molecular formula is C16H15ClF2N4O3S. The van der Waals surface area contributed by atoms with Gasteiger partial charge in [0.1, 0.15) is 17.7 Å². The summed E-state index contributed by atoms with van der Waals surface area (Å²) in [5.74, 6) is -0.293. The number of methoxy groups -OCH3 is 1. The van der Waals surface area contributed by atoms with Crippen LogP contribution < -0.4 is 9.46 Å². The first-order valence-electron chi connectivity index (χ1n) is 7.73. The van der Waals surface area contributed by atoms with Crippen molar-refractivity contribution in [2.75, 3.05) is 18.5 Å². The van der Waals surface area contributed by atoms with Gasteiger partial charge in [0.2, 0.25) is 11.8 Å². The highest BCUT2D eigenvalue weighted by molar-refractivity contribution is 7.93. The Labute approximate surface area is 158 Å². The van der Waals surface area contributed by atoms with Gasteiger partial charge in [0.05, 0.1) is 7.11 Å². The monoisotopic (exact) mass is 416 g/mol. The Morgan fingerprint density at radius 2 is 2.19 bits per heavy atom. The molecule has 1 unspecified atom stereocenters. The van der Waals surface area contributed by atoms with E-state index in [0.717, 1.165) is 0 Å². The fraction of sp³-hybridized carbons (Fsp3) is 0.250.